The van der Waals surface area contributed by atoms with Gasteiger partial charge in [-0.3, -0.25) is 9.59 Å². The SMILES string of the molecule is CCC(=O)c1ccc(COc2cccc(C)c2C=O)cc1. The van der Waals surface area contributed by atoms with Crippen molar-refractivity contribution in [3.63, 3.8) is 0 Å². The van der Waals surface area contributed by atoms with E-state index in [1.165, 1.54) is 0 Å². The lowest BCUT2D eigenvalue weighted by molar-refractivity contribution is 0.0987. The Bertz CT molecular complexity index is 642. The first-order valence-corrected chi connectivity index (χ1v) is 6.95. The van der Waals surface area contributed by atoms with E-state index in [-0.39, 0.29) is 5.78 Å². The number of ketones is 1. The van der Waals surface area contributed by atoms with E-state index in [0.717, 1.165) is 17.4 Å². The molecule has 0 bridgehead atoms. The fraction of sp³-hybridized carbons (Fsp3) is 0.222. The summed E-state index contributed by atoms with van der Waals surface area (Å²) < 4.78 is 5.71. The van der Waals surface area contributed by atoms with E-state index >= 15 is 0 Å². The van der Waals surface area contributed by atoms with E-state index in [0.29, 0.717) is 29.9 Å². The number of hydrogen-bond acceptors (Lipinski definition) is 3. The van der Waals surface area contributed by atoms with E-state index in [9.17, 15) is 9.59 Å². The minimum absolute atomic E-state index is 0.129. The summed E-state index contributed by atoms with van der Waals surface area (Å²) in [4.78, 5) is 22.6. The molecule has 0 aliphatic rings. The number of aryl methyl sites for hydroxylation is 1. The number of ether oxygens (including phenoxy) is 1. The Morgan fingerprint density at radius 3 is 2.48 bits per heavy atom. The maximum absolute atomic E-state index is 11.6. The molecule has 0 radical (unpaired) electrons. The van der Waals surface area contributed by atoms with Crippen LogP contribution in [0.3, 0.4) is 0 Å². The Balaban J connectivity index is 2.08. The molecule has 0 atom stereocenters. The molecule has 0 aliphatic carbocycles. The summed E-state index contributed by atoms with van der Waals surface area (Å²) in [6, 6.07) is 12.9. The minimum Gasteiger partial charge on any atom is -0.488 e. The topological polar surface area (TPSA) is 43.4 Å². The van der Waals surface area contributed by atoms with Crippen LogP contribution in [0, 0.1) is 6.92 Å². The first-order chi connectivity index (χ1) is 10.2. The lowest BCUT2D eigenvalue weighted by Crippen LogP contribution is -2.01. The molecule has 0 unspecified atom stereocenters. The first kappa shape index (κ1) is 15.0. The smallest absolute Gasteiger partial charge is 0.162 e. The van der Waals surface area contributed by atoms with E-state index in [2.05, 4.69) is 0 Å². The fourth-order valence-electron chi connectivity index (χ4n) is 2.08. The van der Waals surface area contributed by atoms with E-state index < -0.39 is 0 Å². The van der Waals surface area contributed by atoms with Crippen molar-refractivity contribution in [2.45, 2.75) is 26.9 Å². The van der Waals surface area contributed by atoms with Gasteiger partial charge in [0, 0.05) is 12.0 Å². The molecule has 0 aliphatic heterocycles. The van der Waals surface area contributed by atoms with Gasteiger partial charge in [0.15, 0.2) is 12.1 Å². The van der Waals surface area contributed by atoms with Gasteiger partial charge in [-0.1, -0.05) is 43.3 Å². The van der Waals surface area contributed by atoms with Crippen LogP contribution in [0.1, 0.15) is 45.2 Å². The fourth-order valence-corrected chi connectivity index (χ4v) is 2.08. The maximum atomic E-state index is 11.6. The number of Topliss-reactive ketones (excluding diaryl/α,β-unsaturated/α-hetero) is 1. The maximum Gasteiger partial charge on any atom is 0.162 e. The molecule has 108 valence electrons. The van der Waals surface area contributed by atoms with Crippen LogP contribution in [0.2, 0.25) is 0 Å². The van der Waals surface area contributed by atoms with Crippen LogP contribution in [0.25, 0.3) is 0 Å². The molecule has 2 rings (SSSR count). The molecule has 0 spiro atoms. The average molecular weight is 282 g/mol. The van der Waals surface area contributed by atoms with Crippen LogP contribution in [0.5, 0.6) is 5.75 Å². The highest BCUT2D eigenvalue weighted by Gasteiger charge is 2.07. The molecule has 21 heavy (non-hydrogen) atoms. The van der Waals surface area contributed by atoms with Gasteiger partial charge >= 0.3 is 0 Å². The summed E-state index contributed by atoms with van der Waals surface area (Å²) in [6.45, 7) is 4.09. The van der Waals surface area contributed by atoms with Crippen LogP contribution in [0.15, 0.2) is 42.5 Å². The van der Waals surface area contributed by atoms with Crippen molar-refractivity contribution >= 4 is 12.1 Å². The average Bonchev–Trinajstić information content (AvgIpc) is 2.52. The zero-order valence-corrected chi connectivity index (χ0v) is 12.3. The van der Waals surface area contributed by atoms with E-state index in [1.807, 2.05) is 38.1 Å². The Labute approximate surface area is 124 Å². The molecule has 3 heteroatoms. The molecule has 2 aromatic rings. The number of carbonyl (C=O) groups excluding carboxylic acids is 2. The van der Waals surface area contributed by atoms with Gasteiger partial charge in [-0.25, -0.2) is 0 Å². The quantitative estimate of drug-likeness (QED) is 0.594. The van der Waals surface area contributed by atoms with Crippen molar-refractivity contribution in [1.29, 1.82) is 0 Å². The molecule has 3 nitrogen and oxygen atoms in total. The number of hydrogen-bond donors (Lipinski definition) is 0. The second-order valence-electron chi connectivity index (χ2n) is 4.87. The van der Waals surface area contributed by atoms with Gasteiger partial charge in [0.25, 0.3) is 0 Å². The molecule has 0 amide bonds. The second-order valence-corrected chi connectivity index (χ2v) is 4.87. The Kier molecular flexibility index (Phi) is 4.88. The Morgan fingerprint density at radius 2 is 1.86 bits per heavy atom. The summed E-state index contributed by atoms with van der Waals surface area (Å²) in [6.07, 6.45) is 1.31. The predicted molar refractivity (Wildman–Crippen MR) is 82.0 cm³/mol. The van der Waals surface area contributed by atoms with Crippen LogP contribution in [-0.4, -0.2) is 12.1 Å². The van der Waals surface area contributed by atoms with Crippen molar-refractivity contribution in [2.24, 2.45) is 0 Å². The van der Waals surface area contributed by atoms with Crippen molar-refractivity contribution in [1.82, 2.24) is 0 Å². The molecular formula is C18H18O3. The van der Waals surface area contributed by atoms with Crippen LogP contribution >= 0.6 is 0 Å². The van der Waals surface area contributed by atoms with E-state index in [4.69, 9.17) is 4.74 Å². The summed E-state index contributed by atoms with van der Waals surface area (Å²) in [5.41, 5.74) is 3.15. The zero-order valence-electron chi connectivity index (χ0n) is 12.3. The van der Waals surface area contributed by atoms with Gasteiger partial charge in [0.1, 0.15) is 12.4 Å². The van der Waals surface area contributed by atoms with Gasteiger partial charge in [-0.15, -0.1) is 0 Å². The van der Waals surface area contributed by atoms with Crippen molar-refractivity contribution in [3.05, 3.63) is 64.7 Å². The zero-order chi connectivity index (χ0) is 15.2. The molecular weight excluding hydrogens is 264 g/mol. The summed E-state index contributed by atoms with van der Waals surface area (Å²) in [5, 5.41) is 0. The van der Waals surface area contributed by atoms with Crippen LogP contribution < -0.4 is 4.74 Å². The van der Waals surface area contributed by atoms with Gasteiger partial charge in [-0.05, 0) is 24.1 Å². The highest BCUT2D eigenvalue weighted by molar-refractivity contribution is 5.95. The molecule has 0 aromatic heterocycles. The van der Waals surface area contributed by atoms with Crippen LogP contribution in [0.4, 0.5) is 0 Å². The van der Waals surface area contributed by atoms with Gasteiger partial charge in [0.05, 0.1) is 5.56 Å². The first-order valence-electron chi connectivity index (χ1n) is 6.95. The normalized spacial score (nSPS) is 10.2. The highest BCUT2D eigenvalue weighted by atomic mass is 16.5. The standard InChI is InChI=1S/C18H18O3/c1-3-17(20)15-9-7-14(8-10-15)12-21-18-6-4-5-13(2)16(18)11-19/h4-11H,3,12H2,1-2H3. The molecule has 0 N–H and O–H groups in total. The largest absolute Gasteiger partial charge is 0.488 e. The minimum atomic E-state index is 0.129. The lowest BCUT2D eigenvalue weighted by atomic mass is 10.1. The second kappa shape index (κ2) is 6.84. The molecule has 0 fully saturated rings. The summed E-state index contributed by atoms with van der Waals surface area (Å²) in [7, 11) is 0. The Hall–Kier alpha value is -2.42. The third-order valence-electron chi connectivity index (χ3n) is 3.39. The van der Waals surface area contributed by atoms with Gasteiger partial charge in [0.2, 0.25) is 0 Å². The third kappa shape index (κ3) is 3.57. The Morgan fingerprint density at radius 1 is 1.14 bits per heavy atom. The molecule has 0 saturated carbocycles. The van der Waals surface area contributed by atoms with Gasteiger partial charge in [-0.2, -0.15) is 0 Å². The predicted octanol–water partition coefficient (Wildman–Crippen LogP) is 3.98. The monoisotopic (exact) mass is 282 g/mol. The summed E-state index contributed by atoms with van der Waals surface area (Å²) in [5.74, 6) is 0.711. The van der Waals surface area contributed by atoms with Crippen molar-refractivity contribution < 1.29 is 14.3 Å². The highest BCUT2D eigenvalue weighted by Crippen LogP contribution is 2.21. The summed E-state index contributed by atoms with van der Waals surface area (Å²) >= 11 is 0. The lowest BCUT2D eigenvalue weighted by Gasteiger charge is -2.10. The van der Waals surface area contributed by atoms with E-state index in [1.54, 1.807) is 18.2 Å². The third-order valence-corrected chi connectivity index (χ3v) is 3.39. The molecule has 0 saturated heterocycles. The number of carbonyl (C=O) groups is 2. The number of benzene rings is 2. The number of aldehydes is 1. The molecule has 2 aromatic carbocycles. The van der Waals surface area contributed by atoms with Crippen molar-refractivity contribution in [3.8, 4) is 5.75 Å². The van der Waals surface area contributed by atoms with Crippen molar-refractivity contribution in [2.75, 3.05) is 0 Å². The van der Waals surface area contributed by atoms with Crippen LogP contribution in [-0.2, 0) is 6.61 Å². The number of rotatable bonds is 6. The van der Waals surface area contributed by atoms with Gasteiger partial charge < -0.3 is 4.74 Å². The molecule has 0 heterocycles.